The topological polar surface area (TPSA) is 12.0 Å². The molecule has 0 aromatic heterocycles. The summed E-state index contributed by atoms with van der Waals surface area (Å²) in [5, 5.41) is 4.01. The van der Waals surface area contributed by atoms with E-state index in [0.29, 0.717) is 0 Å². The maximum absolute atomic E-state index is 4.01. The van der Waals surface area contributed by atoms with Crippen molar-refractivity contribution < 1.29 is 0 Å². The predicted octanol–water partition coefficient (Wildman–Crippen LogP) is 4.10. The van der Waals surface area contributed by atoms with Crippen LogP contribution in [0.25, 0.3) is 0 Å². The number of hydrogen-bond acceptors (Lipinski definition) is 1. The molecule has 4 rings (SSSR count). The third-order valence-corrected chi connectivity index (χ3v) is 5.82. The summed E-state index contributed by atoms with van der Waals surface area (Å²) in [7, 11) is 0. The van der Waals surface area contributed by atoms with Crippen LogP contribution in [0.1, 0.15) is 56.1 Å². The SMILES string of the molecule is c1ccc2c(c1)CCC(NC1CCCC(C3CC3)C1)C2. The average molecular weight is 269 g/mol. The second-order valence-electron chi connectivity index (χ2n) is 7.34. The van der Waals surface area contributed by atoms with E-state index >= 15 is 0 Å². The summed E-state index contributed by atoms with van der Waals surface area (Å²) in [6.45, 7) is 0. The Morgan fingerprint density at radius 1 is 0.800 bits per heavy atom. The number of fused-ring (bicyclic) bond motifs is 1. The maximum Gasteiger partial charge on any atom is 0.0113 e. The lowest BCUT2D eigenvalue weighted by Gasteiger charge is -2.35. The van der Waals surface area contributed by atoms with Gasteiger partial charge in [-0.1, -0.05) is 37.1 Å². The third kappa shape index (κ3) is 2.79. The highest BCUT2D eigenvalue weighted by Crippen LogP contribution is 2.44. The van der Waals surface area contributed by atoms with Crippen molar-refractivity contribution in [3.63, 3.8) is 0 Å². The van der Waals surface area contributed by atoms with Crippen molar-refractivity contribution in [2.24, 2.45) is 11.8 Å². The van der Waals surface area contributed by atoms with Gasteiger partial charge in [0, 0.05) is 12.1 Å². The zero-order chi connectivity index (χ0) is 13.4. The number of benzene rings is 1. The lowest BCUT2D eigenvalue weighted by Crippen LogP contribution is -2.44. The first-order chi connectivity index (χ1) is 9.88. The van der Waals surface area contributed by atoms with Crippen LogP contribution in [-0.4, -0.2) is 12.1 Å². The van der Waals surface area contributed by atoms with E-state index in [1.165, 1.54) is 57.8 Å². The van der Waals surface area contributed by atoms with E-state index in [9.17, 15) is 0 Å². The number of rotatable bonds is 3. The predicted molar refractivity (Wildman–Crippen MR) is 83.9 cm³/mol. The average Bonchev–Trinajstić information content (AvgIpc) is 3.32. The van der Waals surface area contributed by atoms with Crippen molar-refractivity contribution in [2.75, 3.05) is 0 Å². The molecule has 3 atom stereocenters. The van der Waals surface area contributed by atoms with Gasteiger partial charge in [0.25, 0.3) is 0 Å². The summed E-state index contributed by atoms with van der Waals surface area (Å²) in [5.41, 5.74) is 3.18. The summed E-state index contributed by atoms with van der Waals surface area (Å²) in [4.78, 5) is 0. The van der Waals surface area contributed by atoms with E-state index in [4.69, 9.17) is 0 Å². The molecule has 3 aliphatic rings. The molecule has 3 unspecified atom stereocenters. The Bertz CT molecular complexity index is 463. The molecule has 1 N–H and O–H groups in total. The summed E-state index contributed by atoms with van der Waals surface area (Å²) >= 11 is 0. The lowest BCUT2D eigenvalue weighted by atomic mass is 9.81. The molecule has 2 fully saturated rings. The van der Waals surface area contributed by atoms with Crippen molar-refractivity contribution in [2.45, 2.75) is 69.9 Å². The van der Waals surface area contributed by atoms with Gasteiger partial charge in [-0.2, -0.15) is 0 Å². The molecule has 0 spiro atoms. The quantitative estimate of drug-likeness (QED) is 0.871. The molecule has 1 nitrogen and oxygen atoms in total. The molecule has 108 valence electrons. The number of aryl methyl sites for hydroxylation is 1. The van der Waals surface area contributed by atoms with Crippen LogP contribution in [-0.2, 0) is 12.8 Å². The second-order valence-corrected chi connectivity index (χ2v) is 7.34. The Morgan fingerprint density at radius 2 is 1.65 bits per heavy atom. The zero-order valence-corrected chi connectivity index (χ0v) is 12.5. The fourth-order valence-corrected chi connectivity index (χ4v) is 4.55. The molecule has 3 aliphatic carbocycles. The highest BCUT2D eigenvalue weighted by atomic mass is 15.0. The van der Waals surface area contributed by atoms with Crippen LogP contribution < -0.4 is 5.32 Å². The van der Waals surface area contributed by atoms with Gasteiger partial charge in [0.15, 0.2) is 0 Å². The minimum atomic E-state index is 0.729. The van der Waals surface area contributed by atoms with Gasteiger partial charge < -0.3 is 5.32 Å². The van der Waals surface area contributed by atoms with Crippen molar-refractivity contribution in [3.05, 3.63) is 35.4 Å². The van der Waals surface area contributed by atoms with Crippen molar-refractivity contribution in [1.29, 1.82) is 0 Å². The second kappa shape index (κ2) is 5.52. The molecule has 0 aliphatic heterocycles. The first-order valence-corrected chi connectivity index (χ1v) is 8.71. The molecule has 0 radical (unpaired) electrons. The minimum absolute atomic E-state index is 0.729. The molecule has 1 aromatic carbocycles. The largest absolute Gasteiger partial charge is 0.311 e. The molecule has 2 saturated carbocycles. The highest BCUT2D eigenvalue weighted by molar-refractivity contribution is 5.30. The molecular formula is C19H27N. The van der Waals surface area contributed by atoms with Crippen LogP contribution in [0.15, 0.2) is 24.3 Å². The van der Waals surface area contributed by atoms with Crippen molar-refractivity contribution >= 4 is 0 Å². The van der Waals surface area contributed by atoms with Gasteiger partial charge >= 0.3 is 0 Å². The van der Waals surface area contributed by atoms with Crippen LogP contribution >= 0.6 is 0 Å². The molecule has 0 heterocycles. The smallest absolute Gasteiger partial charge is 0.0113 e. The van der Waals surface area contributed by atoms with Gasteiger partial charge in [0.05, 0.1) is 0 Å². The van der Waals surface area contributed by atoms with Crippen LogP contribution in [0.2, 0.25) is 0 Å². The van der Waals surface area contributed by atoms with Crippen LogP contribution in [0, 0.1) is 11.8 Å². The molecule has 1 aromatic rings. The fourth-order valence-electron chi connectivity index (χ4n) is 4.55. The lowest BCUT2D eigenvalue weighted by molar-refractivity contribution is 0.240. The first-order valence-electron chi connectivity index (χ1n) is 8.71. The summed E-state index contributed by atoms with van der Waals surface area (Å²) in [5.74, 6) is 2.16. The molecule has 0 saturated heterocycles. The third-order valence-electron chi connectivity index (χ3n) is 5.82. The van der Waals surface area contributed by atoms with Crippen molar-refractivity contribution in [1.82, 2.24) is 5.32 Å². The highest BCUT2D eigenvalue weighted by Gasteiger charge is 2.35. The Labute approximate surface area is 123 Å². The zero-order valence-electron chi connectivity index (χ0n) is 12.5. The molecule has 0 amide bonds. The van der Waals surface area contributed by atoms with E-state index < -0.39 is 0 Å². The normalized spacial score (nSPS) is 33.7. The van der Waals surface area contributed by atoms with Gasteiger partial charge in [-0.15, -0.1) is 0 Å². The van der Waals surface area contributed by atoms with Gasteiger partial charge in [0.1, 0.15) is 0 Å². The van der Waals surface area contributed by atoms with Gasteiger partial charge in [-0.3, -0.25) is 0 Å². The van der Waals surface area contributed by atoms with Gasteiger partial charge in [-0.05, 0) is 67.9 Å². The Kier molecular flexibility index (Phi) is 3.56. The molecule has 1 heteroatoms. The Hall–Kier alpha value is -0.820. The van der Waals surface area contributed by atoms with Gasteiger partial charge in [0.2, 0.25) is 0 Å². The summed E-state index contributed by atoms with van der Waals surface area (Å²) < 4.78 is 0. The van der Waals surface area contributed by atoms with E-state index in [1.54, 1.807) is 11.1 Å². The van der Waals surface area contributed by atoms with Gasteiger partial charge in [-0.25, -0.2) is 0 Å². The monoisotopic (exact) mass is 269 g/mol. The van der Waals surface area contributed by atoms with Crippen LogP contribution in [0.4, 0.5) is 0 Å². The van der Waals surface area contributed by atoms with E-state index in [-0.39, 0.29) is 0 Å². The fraction of sp³-hybridized carbons (Fsp3) is 0.684. The summed E-state index contributed by atoms with van der Waals surface area (Å²) in [6.07, 6.45) is 12.8. The molecule has 0 bridgehead atoms. The number of hydrogen-bond donors (Lipinski definition) is 1. The minimum Gasteiger partial charge on any atom is -0.311 e. The molecule has 20 heavy (non-hydrogen) atoms. The van der Waals surface area contributed by atoms with Crippen molar-refractivity contribution in [3.8, 4) is 0 Å². The summed E-state index contributed by atoms with van der Waals surface area (Å²) in [6, 6.07) is 10.6. The Morgan fingerprint density at radius 3 is 2.50 bits per heavy atom. The van der Waals surface area contributed by atoms with E-state index in [1.807, 2.05) is 0 Å². The van der Waals surface area contributed by atoms with E-state index in [2.05, 4.69) is 29.6 Å². The van der Waals surface area contributed by atoms with Crippen LogP contribution in [0.5, 0.6) is 0 Å². The maximum atomic E-state index is 4.01. The number of nitrogens with one attached hydrogen (secondary N) is 1. The standard InChI is InChI=1S/C19H27N/c1-2-5-16-13-19(11-10-14(16)4-1)20-18-7-3-6-17(12-18)15-8-9-15/h1-2,4-5,15,17-20H,3,6-13H2. The van der Waals surface area contributed by atoms with E-state index in [0.717, 1.165) is 23.9 Å². The Balaban J connectivity index is 1.35. The first kappa shape index (κ1) is 12.9. The molecular weight excluding hydrogens is 242 g/mol. The van der Waals surface area contributed by atoms with Crippen LogP contribution in [0.3, 0.4) is 0 Å².